The SMILES string of the molecule is CCS(=O)(=O)n1ccc2c(Oc3ccc(F)cc3F)cc(O)cc21. The molecule has 2 aromatic carbocycles. The summed E-state index contributed by atoms with van der Waals surface area (Å²) in [6.07, 6.45) is 1.33. The minimum atomic E-state index is -3.58. The zero-order valence-electron chi connectivity index (χ0n) is 12.5. The van der Waals surface area contributed by atoms with Crippen LogP contribution < -0.4 is 4.74 Å². The molecule has 1 heterocycles. The van der Waals surface area contributed by atoms with E-state index in [1.807, 2.05) is 0 Å². The Morgan fingerprint density at radius 1 is 1.12 bits per heavy atom. The molecule has 8 heteroatoms. The van der Waals surface area contributed by atoms with Gasteiger partial charge in [-0.1, -0.05) is 0 Å². The lowest BCUT2D eigenvalue weighted by Gasteiger charge is -2.10. The number of aromatic hydroxyl groups is 1. The average Bonchev–Trinajstić information content (AvgIpc) is 2.94. The van der Waals surface area contributed by atoms with Crippen LogP contribution in [0.2, 0.25) is 0 Å². The summed E-state index contributed by atoms with van der Waals surface area (Å²) < 4.78 is 57.3. The van der Waals surface area contributed by atoms with Crippen molar-refractivity contribution in [1.82, 2.24) is 3.97 Å². The van der Waals surface area contributed by atoms with Crippen molar-refractivity contribution < 1.29 is 27.0 Å². The Bertz CT molecular complexity index is 1030. The van der Waals surface area contributed by atoms with Crippen molar-refractivity contribution in [1.29, 1.82) is 0 Å². The van der Waals surface area contributed by atoms with E-state index >= 15 is 0 Å². The summed E-state index contributed by atoms with van der Waals surface area (Å²) in [5, 5.41) is 10.2. The fraction of sp³-hybridized carbons (Fsp3) is 0.125. The number of fused-ring (bicyclic) bond motifs is 1. The molecule has 0 saturated heterocycles. The number of benzene rings is 2. The number of hydrogen-bond donors (Lipinski definition) is 1. The molecule has 0 saturated carbocycles. The number of rotatable bonds is 4. The van der Waals surface area contributed by atoms with Crippen molar-refractivity contribution in [3.63, 3.8) is 0 Å². The molecular formula is C16H13F2NO4S. The molecule has 0 atom stereocenters. The maximum absolute atomic E-state index is 13.8. The number of ether oxygens (including phenoxy) is 1. The number of hydrogen-bond acceptors (Lipinski definition) is 4. The Morgan fingerprint density at radius 2 is 1.88 bits per heavy atom. The minimum absolute atomic E-state index is 0.0561. The molecule has 0 bridgehead atoms. The topological polar surface area (TPSA) is 68.5 Å². The van der Waals surface area contributed by atoms with Crippen LogP contribution in [0.25, 0.3) is 10.9 Å². The highest BCUT2D eigenvalue weighted by Gasteiger charge is 2.18. The Balaban J connectivity index is 2.15. The van der Waals surface area contributed by atoms with E-state index in [1.165, 1.54) is 31.3 Å². The Kier molecular flexibility index (Phi) is 3.92. The molecule has 126 valence electrons. The van der Waals surface area contributed by atoms with Gasteiger partial charge in [0.1, 0.15) is 17.3 Å². The largest absolute Gasteiger partial charge is 0.508 e. The number of aromatic nitrogens is 1. The first-order valence-corrected chi connectivity index (χ1v) is 8.63. The van der Waals surface area contributed by atoms with Crippen molar-refractivity contribution >= 4 is 20.9 Å². The second-order valence-corrected chi connectivity index (χ2v) is 7.20. The third kappa shape index (κ3) is 2.80. The number of nitrogens with zero attached hydrogens (tertiary/aromatic N) is 1. The van der Waals surface area contributed by atoms with E-state index in [1.54, 1.807) is 0 Å². The van der Waals surface area contributed by atoms with Crippen LogP contribution in [-0.4, -0.2) is 23.2 Å². The van der Waals surface area contributed by atoms with Gasteiger partial charge >= 0.3 is 0 Å². The highest BCUT2D eigenvalue weighted by Crippen LogP contribution is 2.36. The quantitative estimate of drug-likeness (QED) is 0.778. The summed E-state index contributed by atoms with van der Waals surface area (Å²) in [7, 11) is -3.58. The fourth-order valence-electron chi connectivity index (χ4n) is 2.31. The summed E-state index contributed by atoms with van der Waals surface area (Å²) in [5.74, 6) is -2.22. The van der Waals surface area contributed by atoms with E-state index in [-0.39, 0.29) is 28.5 Å². The molecule has 0 aliphatic rings. The van der Waals surface area contributed by atoms with E-state index in [9.17, 15) is 22.3 Å². The lowest BCUT2D eigenvalue weighted by Crippen LogP contribution is -2.13. The van der Waals surface area contributed by atoms with Crippen LogP contribution in [0, 0.1) is 11.6 Å². The summed E-state index contributed by atoms with van der Waals surface area (Å²) in [4.78, 5) is 0. The van der Waals surface area contributed by atoms with E-state index in [0.29, 0.717) is 11.5 Å². The van der Waals surface area contributed by atoms with Crippen molar-refractivity contribution in [3.05, 3.63) is 54.2 Å². The number of phenolic OH excluding ortho intramolecular Hbond substituents is 1. The lowest BCUT2D eigenvalue weighted by molar-refractivity contribution is 0.433. The minimum Gasteiger partial charge on any atom is -0.508 e. The molecule has 0 radical (unpaired) electrons. The van der Waals surface area contributed by atoms with E-state index in [4.69, 9.17) is 4.74 Å². The van der Waals surface area contributed by atoms with Gasteiger partial charge in [0.25, 0.3) is 0 Å². The molecule has 0 amide bonds. The monoisotopic (exact) mass is 353 g/mol. The Labute approximate surface area is 136 Å². The van der Waals surface area contributed by atoms with Gasteiger partial charge in [0, 0.05) is 29.8 Å². The van der Waals surface area contributed by atoms with Gasteiger partial charge in [-0.05, 0) is 25.1 Å². The van der Waals surface area contributed by atoms with Crippen LogP contribution in [0.15, 0.2) is 42.6 Å². The van der Waals surface area contributed by atoms with Gasteiger partial charge < -0.3 is 9.84 Å². The molecule has 3 aromatic rings. The summed E-state index contributed by atoms with van der Waals surface area (Å²) in [6.45, 7) is 1.50. The van der Waals surface area contributed by atoms with E-state index in [0.717, 1.165) is 16.1 Å². The van der Waals surface area contributed by atoms with E-state index in [2.05, 4.69) is 0 Å². The van der Waals surface area contributed by atoms with Gasteiger partial charge in [0.2, 0.25) is 10.0 Å². The molecule has 1 N–H and O–H groups in total. The second kappa shape index (κ2) is 5.79. The highest BCUT2D eigenvalue weighted by molar-refractivity contribution is 7.90. The molecule has 0 spiro atoms. The van der Waals surface area contributed by atoms with Crippen LogP contribution in [0.4, 0.5) is 8.78 Å². The molecule has 0 fully saturated rings. The molecule has 5 nitrogen and oxygen atoms in total. The van der Waals surface area contributed by atoms with Crippen molar-refractivity contribution in [2.24, 2.45) is 0 Å². The molecule has 0 aliphatic heterocycles. The first-order valence-electron chi connectivity index (χ1n) is 7.02. The Hall–Kier alpha value is -2.61. The molecular weight excluding hydrogens is 340 g/mol. The van der Waals surface area contributed by atoms with Gasteiger partial charge in [-0.3, -0.25) is 0 Å². The van der Waals surface area contributed by atoms with Crippen LogP contribution in [0.1, 0.15) is 6.92 Å². The highest BCUT2D eigenvalue weighted by atomic mass is 32.2. The molecule has 0 aliphatic carbocycles. The van der Waals surface area contributed by atoms with Crippen LogP contribution in [0.3, 0.4) is 0 Å². The lowest BCUT2D eigenvalue weighted by atomic mass is 10.2. The molecule has 3 rings (SSSR count). The first kappa shape index (κ1) is 16.3. The van der Waals surface area contributed by atoms with Gasteiger partial charge in [-0.15, -0.1) is 0 Å². The summed E-state index contributed by atoms with van der Waals surface area (Å²) in [5.41, 5.74) is 0.203. The summed E-state index contributed by atoms with van der Waals surface area (Å²) >= 11 is 0. The average molecular weight is 353 g/mol. The van der Waals surface area contributed by atoms with Gasteiger partial charge in [0.05, 0.1) is 11.3 Å². The normalized spacial score (nSPS) is 11.8. The first-order chi connectivity index (χ1) is 11.3. The molecule has 0 unspecified atom stereocenters. The standard InChI is InChI=1S/C16H13F2NO4S/c1-2-24(21,22)19-6-5-12-14(19)8-11(20)9-16(12)23-15-4-3-10(17)7-13(15)18/h3-9,20H,2H2,1H3. The van der Waals surface area contributed by atoms with Crippen LogP contribution in [0.5, 0.6) is 17.2 Å². The predicted octanol–water partition coefficient (Wildman–Crippen LogP) is 3.62. The van der Waals surface area contributed by atoms with Crippen LogP contribution >= 0.6 is 0 Å². The molecule has 24 heavy (non-hydrogen) atoms. The van der Waals surface area contributed by atoms with Crippen molar-refractivity contribution in [2.45, 2.75) is 6.92 Å². The second-order valence-electron chi connectivity index (χ2n) is 5.07. The van der Waals surface area contributed by atoms with Crippen LogP contribution in [-0.2, 0) is 10.0 Å². The summed E-state index contributed by atoms with van der Waals surface area (Å²) in [6, 6.07) is 6.80. The number of halogens is 2. The predicted molar refractivity (Wildman–Crippen MR) is 84.9 cm³/mol. The zero-order chi connectivity index (χ0) is 17.5. The maximum Gasteiger partial charge on any atom is 0.238 e. The Morgan fingerprint density at radius 3 is 2.54 bits per heavy atom. The van der Waals surface area contributed by atoms with Crippen molar-refractivity contribution in [2.75, 3.05) is 5.75 Å². The maximum atomic E-state index is 13.8. The third-order valence-corrected chi connectivity index (χ3v) is 5.14. The molecule has 1 aromatic heterocycles. The van der Waals surface area contributed by atoms with Gasteiger partial charge in [-0.25, -0.2) is 21.2 Å². The number of phenols is 1. The van der Waals surface area contributed by atoms with E-state index < -0.39 is 21.7 Å². The third-order valence-electron chi connectivity index (χ3n) is 3.50. The fourth-order valence-corrected chi connectivity index (χ4v) is 3.29. The zero-order valence-corrected chi connectivity index (χ0v) is 13.3. The smallest absolute Gasteiger partial charge is 0.238 e. The van der Waals surface area contributed by atoms with Gasteiger partial charge in [0.15, 0.2) is 11.6 Å². The van der Waals surface area contributed by atoms with Crippen molar-refractivity contribution in [3.8, 4) is 17.2 Å². The van der Waals surface area contributed by atoms with Gasteiger partial charge in [-0.2, -0.15) is 0 Å².